The number of hydrogen-bond acceptors (Lipinski definition) is 9. The summed E-state index contributed by atoms with van der Waals surface area (Å²) in [5.41, 5.74) is 1.79. The maximum Gasteiger partial charge on any atom is 0.323 e. The molecule has 2 atom stereocenters. The fraction of sp³-hybridized carbons (Fsp3) is 0.467. The van der Waals surface area contributed by atoms with Crippen LogP contribution in [0.5, 0.6) is 5.75 Å². The standard InChI is InChI=1S/C30H37N5O8/c1-42-23-5-3-20(4-6-23)17-24(32-28(39)21-9-13-33(14-10-21)22-7-11-31-12-8-22)29(40)35-16-15-34(19-26(36)37)30(41)25(35)18-27(38)43-2/h3-8,11-12,21,24-25H,9-10,13-19H2,1-2H3,(H,32,39)(H,36,37)/t24-,25-/m0/s1. The number of carboxylic acids is 1. The second-order valence-electron chi connectivity index (χ2n) is 10.6. The molecule has 2 aliphatic heterocycles. The summed E-state index contributed by atoms with van der Waals surface area (Å²) in [5.74, 6) is -3.06. The Hall–Kier alpha value is -4.68. The van der Waals surface area contributed by atoms with Gasteiger partial charge in [0.15, 0.2) is 0 Å². The van der Waals surface area contributed by atoms with E-state index in [0.717, 1.165) is 16.2 Å². The lowest BCUT2D eigenvalue weighted by atomic mass is 9.94. The summed E-state index contributed by atoms with van der Waals surface area (Å²) in [6.45, 7) is 0.758. The number of carbonyl (C=O) groups is 5. The van der Waals surface area contributed by atoms with Crippen LogP contribution in [0.1, 0.15) is 24.8 Å². The molecule has 2 N–H and O–H groups in total. The average molecular weight is 596 g/mol. The average Bonchev–Trinajstić information content (AvgIpc) is 3.03. The van der Waals surface area contributed by atoms with Gasteiger partial charge in [-0.1, -0.05) is 12.1 Å². The highest BCUT2D eigenvalue weighted by Crippen LogP contribution is 2.24. The molecule has 13 nitrogen and oxygen atoms in total. The summed E-state index contributed by atoms with van der Waals surface area (Å²) in [6, 6.07) is 8.65. The number of anilines is 1. The Morgan fingerprint density at radius 2 is 1.67 bits per heavy atom. The molecule has 2 aliphatic rings. The van der Waals surface area contributed by atoms with Crippen molar-refractivity contribution in [2.75, 3.05) is 51.8 Å². The van der Waals surface area contributed by atoms with Crippen molar-refractivity contribution in [3.63, 3.8) is 0 Å². The monoisotopic (exact) mass is 595 g/mol. The quantitative estimate of drug-likeness (QED) is 0.355. The Morgan fingerprint density at radius 3 is 2.28 bits per heavy atom. The number of carboxylic acid groups (broad SMARTS) is 1. The predicted molar refractivity (Wildman–Crippen MR) is 154 cm³/mol. The van der Waals surface area contributed by atoms with Gasteiger partial charge >= 0.3 is 11.9 Å². The van der Waals surface area contributed by atoms with E-state index < -0.39 is 48.8 Å². The summed E-state index contributed by atoms with van der Waals surface area (Å²) in [4.78, 5) is 73.0. The van der Waals surface area contributed by atoms with Gasteiger partial charge < -0.3 is 34.6 Å². The van der Waals surface area contributed by atoms with Crippen molar-refractivity contribution in [2.24, 2.45) is 5.92 Å². The molecule has 3 amide bonds. The minimum Gasteiger partial charge on any atom is -0.497 e. The van der Waals surface area contributed by atoms with Gasteiger partial charge in [0, 0.05) is 56.6 Å². The number of rotatable bonds is 11. The number of amides is 3. The summed E-state index contributed by atoms with van der Waals surface area (Å²) >= 11 is 0. The van der Waals surface area contributed by atoms with Gasteiger partial charge in [-0.25, -0.2) is 0 Å². The van der Waals surface area contributed by atoms with Crippen LogP contribution in [-0.2, 0) is 35.1 Å². The van der Waals surface area contributed by atoms with E-state index in [-0.39, 0.29) is 31.3 Å². The van der Waals surface area contributed by atoms with Crippen LogP contribution in [0.3, 0.4) is 0 Å². The lowest BCUT2D eigenvalue weighted by Gasteiger charge is -2.41. The highest BCUT2D eigenvalue weighted by atomic mass is 16.5. The molecule has 1 aromatic carbocycles. The molecule has 0 radical (unpaired) electrons. The van der Waals surface area contributed by atoms with Crippen molar-refractivity contribution in [1.29, 1.82) is 0 Å². The summed E-state index contributed by atoms with van der Waals surface area (Å²) in [5, 5.41) is 12.2. The number of aromatic nitrogens is 1. The third-order valence-corrected chi connectivity index (χ3v) is 7.89. The molecule has 43 heavy (non-hydrogen) atoms. The number of piperidine rings is 1. The van der Waals surface area contributed by atoms with Gasteiger partial charge in [-0.15, -0.1) is 0 Å². The van der Waals surface area contributed by atoms with Crippen LogP contribution < -0.4 is 15.0 Å². The van der Waals surface area contributed by atoms with Crippen LogP contribution in [-0.4, -0.2) is 109 Å². The second-order valence-corrected chi connectivity index (χ2v) is 10.6. The molecule has 3 heterocycles. The Bertz CT molecular complexity index is 1300. The Morgan fingerprint density at radius 1 is 1.00 bits per heavy atom. The number of piperazine rings is 1. The SMILES string of the molecule is COC(=O)C[C@H]1C(=O)N(CC(=O)O)CCN1C(=O)[C@H](Cc1ccc(OC)cc1)NC(=O)C1CCN(c2ccncc2)CC1. The van der Waals surface area contributed by atoms with E-state index in [1.807, 2.05) is 12.1 Å². The van der Waals surface area contributed by atoms with Gasteiger partial charge in [-0.3, -0.25) is 29.0 Å². The molecule has 0 aliphatic carbocycles. The van der Waals surface area contributed by atoms with Crippen molar-refractivity contribution in [2.45, 2.75) is 37.8 Å². The number of methoxy groups -OCH3 is 2. The zero-order valence-corrected chi connectivity index (χ0v) is 24.3. The second kappa shape index (κ2) is 14.5. The lowest BCUT2D eigenvalue weighted by Crippen LogP contribution is -2.63. The number of nitrogens with zero attached hydrogens (tertiary/aromatic N) is 4. The number of aliphatic carboxylic acids is 1. The van der Waals surface area contributed by atoms with Crippen molar-refractivity contribution in [1.82, 2.24) is 20.1 Å². The number of ether oxygens (including phenoxy) is 2. The van der Waals surface area contributed by atoms with Gasteiger partial charge in [0.05, 0.1) is 20.6 Å². The molecule has 0 spiro atoms. The molecular formula is C30H37N5O8. The maximum atomic E-state index is 14.1. The molecule has 4 rings (SSSR count). The van der Waals surface area contributed by atoms with Crippen molar-refractivity contribution in [3.05, 3.63) is 54.4 Å². The molecule has 0 unspecified atom stereocenters. The molecule has 0 saturated carbocycles. The predicted octanol–water partition coefficient (Wildman–Crippen LogP) is 0.721. The van der Waals surface area contributed by atoms with Gasteiger partial charge in [-0.05, 0) is 42.7 Å². The number of hydrogen-bond donors (Lipinski definition) is 2. The van der Waals surface area contributed by atoms with Gasteiger partial charge in [0.25, 0.3) is 0 Å². The molecule has 2 fully saturated rings. The van der Waals surface area contributed by atoms with Crippen LogP contribution in [0.4, 0.5) is 5.69 Å². The van der Waals surface area contributed by atoms with E-state index in [4.69, 9.17) is 9.47 Å². The molecular weight excluding hydrogens is 558 g/mol. The van der Waals surface area contributed by atoms with Crippen LogP contribution in [0, 0.1) is 5.92 Å². The van der Waals surface area contributed by atoms with Crippen LogP contribution >= 0.6 is 0 Å². The van der Waals surface area contributed by atoms with E-state index >= 15 is 0 Å². The third kappa shape index (κ3) is 7.99. The minimum atomic E-state index is -1.26. The van der Waals surface area contributed by atoms with Crippen molar-refractivity contribution >= 4 is 35.3 Å². The van der Waals surface area contributed by atoms with Crippen LogP contribution in [0.15, 0.2) is 48.8 Å². The highest BCUT2D eigenvalue weighted by molar-refractivity contribution is 5.96. The maximum absolute atomic E-state index is 14.1. The number of esters is 1. The van der Waals surface area contributed by atoms with Gasteiger partial charge in [-0.2, -0.15) is 0 Å². The first-order valence-corrected chi connectivity index (χ1v) is 14.2. The van der Waals surface area contributed by atoms with E-state index in [1.54, 1.807) is 43.8 Å². The number of carbonyl (C=O) groups excluding carboxylic acids is 4. The Kier molecular flexibility index (Phi) is 10.5. The van der Waals surface area contributed by atoms with Crippen LogP contribution in [0.25, 0.3) is 0 Å². The smallest absolute Gasteiger partial charge is 0.323 e. The van der Waals surface area contributed by atoms with E-state index in [0.29, 0.717) is 31.7 Å². The van der Waals surface area contributed by atoms with Gasteiger partial charge in [0.1, 0.15) is 24.4 Å². The van der Waals surface area contributed by atoms with Crippen molar-refractivity contribution in [3.8, 4) is 5.75 Å². The molecule has 13 heteroatoms. The summed E-state index contributed by atoms with van der Waals surface area (Å²) < 4.78 is 9.99. The lowest BCUT2D eigenvalue weighted by molar-refractivity contribution is -0.159. The van der Waals surface area contributed by atoms with E-state index in [2.05, 4.69) is 15.2 Å². The molecule has 2 aromatic rings. The molecule has 1 aromatic heterocycles. The zero-order valence-electron chi connectivity index (χ0n) is 24.3. The Labute approximate surface area is 249 Å². The third-order valence-electron chi connectivity index (χ3n) is 7.89. The summed E-state index contributed by atoms with van der Waals surface area (Å²) in [6.07, 6.45) is 4.34. The molecule has 230 valence electrons. The normalized spacial score (nSPS) is 18.1. The van der Waals surface area contributed by atoms with Crippen LogP contribution in [0.2, 0.25) is 0 Å². The number of nitrogens with one attached hydrogen (secondary N) is 1. The number of benzene rings is 1. The number of pyridine rings is 1. The first kappa shape index (κ1) is 31.3. The molecule has 0 bridgehead atoms. The summed E-state index contributed by atoms with van der Waals surface area (Å²) in [7, 11) is 2.72. The van der Waals surface area contributed by atoms with E-state index in [1.165, 1.54) is 12.0 Å². The largest absolute Gasteiger partial charge is 0.497 e. The zero-order chi connectivity index (χ0) is 30.9. The van der Waals surface area contributed by atoms with Crippen molar-refractivity contribution < 1.29 is 38.6 Å². The fourth-order valence-electron chi connectivity index (χ4n) is 5.50. The van der Waals surface area contributed by atoms with Gasteiger partial charge in [0.2, 0.25) is 17.7 Å². The highest BCUT2D eigenvalue weighted by Gasteiger charge is 2.42. The Balaban J connectivity index is 1.53. The molecule has 2 saturated heterocycles. The van der Waals surface area contributed by atoms with E-state index in [9.17, 15) is 29.1 Å². The minimum absolute atomic E-state index is 0.00117. The first-order valence-electron chi connectivity index (χ1n) is 14.2. The first-order chi connectivity index (χ1) is 20.7. The topological polar surface area (TPSA) is 159 Å². The fourth-order valence-corrected chi connectivity index (χ4v) is 5.50.